The molecule has 94 valence electrons. The van der Waals surface area contributed by atoms with E-state index < -0.39 is 5.60 Å². The SMILES string of the molecule is CC(C)(C)OC(=O)NCC1CSCCC1N. The first kappa shape index (κ1) is 13.6. The Bertz CT molecular complexity index is 241. The van der Waals surface area contributed by atoms with E-state index in [1.165, 1.54) is 0 Å². The molecule has 0 saturated carbocycles. The summed E-state index contributed by atoms with van der Waals surface area (Å²) >= 11 is 1.90. The van der Waals surface area contributed by atoms with E-state index in [2.05, 4.69) is 5.32 Å². The summed E-state index contributed by atoms with van der Waals surface area (Å²) in [6.45, 7) is 6.18. The highest BCUT2D eigenvalue weighted by atomic mass is 32.2. The topological polar surface area (TPSA) is 64.3 Å². The Kier molecular flexibility index (Phi) is 4.92. The number of alkyl carbamates (subject to hydrolysis) is 1. The van der Waals surface area contributed by atoms with Gasteiger partial charge in [-0.15, -0.1) is 0 Å². The van der Waals surface area contributed by atoms with Gasteiger partial charge in [-0.05, 0) is 38.7 Å². The molecule has 16 heavy (non-hydrogen) atoms. The van der Waals surface area contributed by atoms with Crippen molar-refractivity contribution in [2.24, 2.45) is 11.7 Å². The summed E-state index contributed by atoms with van der Waals surface area (Å²) in [7, 11) is 0. The van der Waals surface area contributed by atoms with Crippen LogP contribution in [0.5, 0.6) is 0 Å². The number of amides is 1. The quantitative estimate of drug-likeness (QED) is 0.776. The molecule has 1 saturated heterocycles. The molecule has 0 aliphatic carbocycles. The lowest BCUT2D eigenvalue weighted by molar-refractivity contribution is 0.0518. The highest BCUT2D eigenvalue weighted by Crippen LogP contribution is 2.21. The van der Waals surface area contributed by atoms with Crippen molar-refractivity contribution in [3.05, 3.63) is 0 Å². The van der Waals surface area contributed by atoms with Crippen molar-refractivity contribution in [1.82, 2.24) is 5.32 Å². The second-order valence-corrected chi connectivity index (χ2v) is 6.32. The first-order chi connectivity index (χ1) is 7.38. The number of thioether (sulfide) groups is 1. The number of carbonyl (C=O) groups excluding carboxylic acids is 1. The predicted octanol–water partition coefficient (Wildman–Crippen LogP) is 1.59. The Morgan fingerprint density at radius 2 is 2.25 bits per heavy atom. The molecule has 1 aliphatic rings. The van der Waals surface area contributed by atoms with Crippen LogP contribution in [0.4, 0.5) is 4.79 Å². The van der Waals surface area contributed by atoms with E-state index in [4.69, 9.17) is 10.5 Å². The van der Waals surface area contributed by atoms with Crippen molar-refractivity contribution in [3.8, 4) is 0 Å². The Labute approximate surface area is 102 Å². The van der Waals surface area contributed by atoms with Gasteiger partial charge in [-0.3, -0.25) is 0 Å². The average Bonchev–Trinajstić information content (AvgIpc) is 2.14. The first-order valence-electron chi connectivity index (χ1n) is 5.68. The average molecular weight is 246 g/mol. The zero-order chi connectivity index (χ0) is 12.2. The molecule has 1 rings (SSSR count). The van der Waals surface area contributed by atoms with E-state index >= 15 is 0 Å². The Hall–Kier alpha value is -0.420. The van der Waals surface area contributed by atoms with Gasteiger partial charge in [-0.2, -0.15) is 11.8 Å². The lowest BCUT2D eigenvalue weighted by atomic mass is 10.00. The molecule has 1 amide bonds. The van der Waals surface area contributed by atoms with Crippen LogP contribution in [-0.2, 0) is 4.74 Å². The van der Waals surface area contributed by atoms with Crippen molar-refractivity contribution < 1.29 is 9.53 Å². The van der Waals surface area contributed by atoms with Crippen molar-refractivity contribution in [1.29, 1.82) is 0 Å². The first-order valence-corrected chi connectivity index (χ1v) is 6.84. The largest absolute Gasteiger partial charge is 0.444 e. The third-order valence-electron chi connectivity index (χ3n) is 2.44. The maximum atomic E-state index is 11.4. The third-order valence-corrected chi connectivity index (χ3v) is 3.63. The molecule has 1 fully saturated rings. The summed E-state index contributed by atoms with van der Waals surface area (Å²) in [6, 6.07) is 0.205. The minimum Gasteiger partial charge on any atom is -0.444 e. The number of ether oxygens (including phenoxy) is 1. The van der Waals surface area contributed by atoms with E-state index in [9.17, 15) is 4.79 Å². The number of hydrogen-bond donors (Lipinski definition) is 2. The lowest BCUT2D eigenvalue weighted by Crippen LogP contribution is -2.44. The van der Waals surface area contributed by atoms with Crippen LogP contribution in [0.25, 0.3) is 0 Å². The van der Waals surface area contributed by atoms with Gasteiger partial charge in [0.25, 0.3) is 0 Å². The van der Waals surface area contributed by atoms with E-state index in [1.54, 1.807) is 0 Å². The van der Waals surface area contributed by atoms with Gasteiger partial charge in [-0.25, -0.2) is 4.79 Å². The van der Waals surface area contributed by atoms with Crippen LogP contribution in [0.3, 0.4) is 0 Å². The van der Waals surface area contributed by atoms with Gasteiger partial charge in [0.05, 0.1) is 0 Å². The number of nitrogens with two attached hydrogens (primary N) is 1. The molecule has 1 aliphatic heterocycles. The van der Waals surface area contributed by atoms with Crippen molar-refractivity contribution >= 4 is 17.9 Å². The standard InChI is InChI=1S/C11H22N2O2S/c1-11(2,3)15-10(14)13-6-8-7-16-5-4-9(8)12/h8-9H,4-7,12H2,1-3H3,(H,13,14). The van der Waals surface area contributed by atoms with E-state index in [1.807, 2.05) is 32.5 Å². The number of nitrogens with one attached hydrogen (secondary N) is 1. The molecule has 0 bridgehead atoms. The minimum absolute atomic E-state index is 0.205. The molecule has 0 aromatic rings. The zero-order valence-corrected chi connectivity index (χ0v) is 11.1. The van der Waals surface area contributed by atoms with Crippen molar-refractivity contribution in [2.45, 2.75) is 38.8 Å². The molecule has 0 radical (unpaired) electrons. The summed E-state index contributed by atoms with van der Waals surface area (Å²) < 4.78 is 5.17. The normalized spacial score (nSPS) is 26.2. The molecule has 3 N–H and O–H groups in total. The second kappa shape index (κ2) is 5.77. The molecule has 4 nitrogen and oxygen atoms in total. The highest BCUT2D eigenvalue weighted by molar-refractivity contribution is 7.99. The fraction of sp³-hybridized carbons (Fsp3) is 0.909. The van der Waals surface area contributed by atoms with Crippen LogP contribution >= 0.6 is 11.8 Å². The summed E-state index contributed by atoms with van der Waals surface area (Å²) in [5.41, 5.74) is 5.55. The van der Waals surface area contributed by atoms with Crippen molar-refractivity contribution in [3.63, 3.8) is 0 Å². The second-order valence-electron chi connectivity index (χ2n) is 5.17. The Morgan fingerprint density at radius 1 is 1.56 bits per heavy atom. The van der Waals surface area contributed by atoms with Gasteiger partial charge in [0.2, 0.25) is 0 Å². The van der Waals surface area contributed by atoms with Crippen molar-refractivity contribution in [2.75, 3.05) is 18.1 Å². The summed E-state index contributed by atoms with van der Waals surface area (Å²) in [5.74, 6) is 2.52. The third kappa shape index (κ3) is 5.07. The Balaban J connectivity index is 2.25. The smallest absolute Gasteiger partial charge is 0.407 e. The zero-order valence-electron chi connectivity index (χ0n) is 10.3. The number of hydrogen-bond acceptors (Lipinski definition) is 4. The molecule has 2 atom stereocenters. The summed E-state index contributed by atoms with van der Waals surface area (Å²) in [4.78, 5) is 11.4. The van der Waals surface area contributed by atoms with Gasteiger partial charge in [0.15, 0.2) is 0 Å². The molecular formula is C11H22N2O2S. The maximum Gasteiger partial charge on any atom is 0.407 e. The fourth-order valence-corrected chi connectivity index (χ4v) is 2.83. The van der Waals surface area contributed by atoms with E-state index in [-0.39, 0.29) is 12.1 Å². The molecule has 0 aromatic carbocycles. The maximum absolute atomic E-state index is 11.4. The molecule has 0 aromatic heterocycles. The van der Waals surface area contributed by atoms with Gasteiger partial charge in [0.1, 0.15) is 5.60 Å². The van der Waals surface area contributed by atoms with Crippen LogP contribution in [0.2, 0.25) is 0 Å². The van der Waals surface area contributed by atoms with Gasteiger partial charge >= 0.3 is 6.09 Å². The van der Waals surface area contributed by atoms with E-state index in [0.29, 0.717) is 12.5 Å². The summed E-state index contributed by atoms with van der Waals surface area (Å²) in [5, 5.41) is 2.78. The fourth-order valence-electron chi connectivity index (χ4n) is 1.55. The molecule has 2 unspecified atom stereocenters. The van der Waals surface area contributed by atoms with Crippen LogP contribution in [0, 0.1) is 5.92 Å². The van der Waals surface area contributed by atoms with Crippen LogP contribution < -0.4 is 11.1 Å². The predicted molar refractivity (Wildman–Crippen MR) is 67.6 cm³/mol. The lowest BCUT2D eigenvalue weighted by Gasteiger charge is -2.28. The highest BCUT2D eigenvalue weighted by Gasteiger charge is 2.23. The molecular weight excluding hydrogens is 224 g/mol. The molecule has 5 heteroatoms. The summed E-state index contributed by atoms with van der Waals surface area (Å²) in [6.07, 6.45) is 0.681. The minimum atomic E-state index is -0.437. The molecule has 0 spiro atoms. The van der Waals surface area contributed by atoms with Gasteiger partial charge < -0.3 is 15.8 Å². The van der Waals surface area contributed by atoms with E-state index in [0.717, 1.165) is 17.9 Å². The van der Waals surface area contributed by atoms with Crippen LogP contribution in [-0.4, -0.2) is 35.8 Å². The Morgan fingerprint density at radius 3 is 2.81 bits per heavy atom. The monoisotopic (exact) mass is 246 g/mol. The molecule has 1 heterocycles. The van der Waals surface area contributed by atoms with Gasteiger partial charge in [0, 0.05) is 18.5 Å². The van der Waals surface area contributed by atoms with Gasteiger partial charge in [-0.1, -0.05) is 0 Å². The number of rotatable bonds is 2. The number of carbonyl (C=O) groups is 1. The van der Waals surface area contributed by atoms with Crippen LogP contribution in [0.1, 0.15) is 27.2 Å². The van der Waals surface area contributed by atoms with Crippen LogP contribution in [0.15, 0.2) is 0 Å².